The molecule has 1 saturated heterocycles. The van der Waals surface area contributed by atoms with Gasteiger partial charge in [0.15, 0.2) is 0 Å². The fourth-order valence-corrected chi connectivity index (χ4v) is 2.92. The van der Waals surface area contributed by atoms with Crippen molar-refractivity contribution in [3.63, 3.8) is 0 Å². The molecule has 98 valence electrons. The summed E-state index contributed by atoms with van der Waals surface area (Å²) in [4.78, 5) is 11.8. The van der Waals surface area contributed by atoms with Gasteiger partial charge >= 0.3 is 0 Å². The second-order valence-electron chi connectivity index (χ2n) is 4.38. The summed E-state index contributed by atoms with van der Waals surface area (Å²) in [5, 5.41) is 3.26. The molecule has 0 radical (unpaired) electrons. The number of ketones is 1. The van der Waals surface area contributed by atoms with E-state index in [0.29, 0.717) is 6.42 Å². The summed E-state index contributed by atoms with van der Waals surface area (Å²) in [5.41, 5.74) is 0.268. The molecule has 0 aromatic heterocycles. The van der Waals surface area contributed by atoms with Crippen LogP contribution in [0.25, 0.3) is 0 Å². The minimum absolute atomic E-state index is 0.0134. The minimum Gasteiger partial charge on any atom is -0.312 e. The van der Waals surface area contributed by atoms with E-state index < -0.39 is 11.6 Å². The molecule has 1 atom stereocenters. The monoisotopic (exact) mass is 271 g/mol. The van der Waals surface area contributed by atoms with Gasteiger partial charge in [-0.2, -0.15) is 11.8 Å². The molecule has 1 N–H and O–H groups in total. The first kappa shape index (κ1) is 13.5. The summed E-state index contributed by atoms with van der Waals surface area (Å²) in [7, 11) is 0. The maximum Gasteiger partial charge on any atom is 0.138 e. The zero-order valence-corrected chi connectivity index (χ0v) is 10.7. The Labute approximate surface area is 109 Å². The molecule has 1 unspecified atom stereocenters. The van der Waals surface area contributed by atoms with Gasteiger partial charge in [-0.25, -0.2) is 8.78 Å². The molecule has 18 heavy (non-hydrogen) atoms. The number of rotatable bonds is 4. The topological polar surface area (TPSA) is 29.1 Å². The van der Waals surface area contributed by atoms with Gasteiger partial charge in [-0.3, -0.25) is 4.79 Å². The lowest BCUT2D eigenvalue weighted by atomic mass is 10.0. The van der Waals surface area contributed by atoms with Gasteiger partial charge in [0, 0.05) is 43.0 Å². The molecule has 1 fully saturated rings. The lowest BCUT2D eigenvalue weighted by Crippen LogP contribution is -2.39. The Balaban J connectivity index is 1.90. The third-order valence-electron chi connectivity index (χ3n) is 2.88. The van der Waals surface area contributed by atoms with Gasteiger partial charge in [0.25, 0.3) is 0 Å². The summed E-state index contributed by atoms with van der Waals surface area (Å²) >= 11 is 1.82. The summed E-state index contributed by atoms with van der Waals surface area (Å²) in [5.74, 6) is 0.707. The van der Waals surface area contributed by atoms with Crippen molar-refractivity contribution in [1.82, 2.24) is 5.32 Å². The molecule has 0 amide bonds. The zero-order chi connectivity index (χ0) is 13.0. The van der Waals surface area contributed by atoms with Crippen LogP contribution in [0.3, 0.4) is 0 Å². The van der Waals surface area contributed by atoms with Crippen LogP contribution in [0.4, 0.5) is 8.78 Å². The molecule has 2 nitrogen and oxygen atoms in total. The highest BCUT2D eigenvalue weighted by Gasteiger charge is 2.17. The standard InChI is InChI=1S/C13H15F2NOS/c14-10-2-1-9(13(15)6-10)5-12(17)7-11-8-18-4-3-16-11/h1-2,6,11,16H,3-5,7-8H2. The molecular formula is C13H15F2NOS. The average molecular weight is 271 g/mol. The Morgan fingerprint density at radius 1 is 1.44 bits per heavy atom. The highest BCUT2D eigenvalue weighted by molar-refractivity contribution is 7.99. The Morgan fingerprint density at radius 3 is 2.94 bits per heavy atom. The number of carbonyl (C=O) groups excluding carboxylic acids is 1. The van der Waals surface area contributed by atoms with Crippen LogP contribution in [0.1, 0.15) is 12.0 Å². The van der Waals surface area contributed by atoms with E-state index in [2.05, 4.69) is 5.32 Å². The van der Waals surface area contributed by atoms with Crippen molar-refractivity contribution in [1.29, 1.82) is 0 Å². The lowest BCUT2D eigenvalue weighted by molar-refractivity contribution is -0.118. The fourth-order valence-electron chi connectivity index (χ4n) is 1.98. The van der Waals surface area contributed by atoms with Crippen molar-refractivity contribution in [2.75, 3.05) is 18.1 Å². The van der Waals surface area contributed by atoms with E-state index in [1.165, 1.54) is 12.1 Å². The number of hydrogen-bond donors (Lipinski definition) is 1. The third kappa shape index (κ3) is 3.78. The van der Waals surface area contributed by atoms with Gasteiger partial charge < -0.3 is 5.32 Å². The Kier molecular flexibility index (Phi) is 4.72. The first-order valence-corrected chi connectivity index (χ1v) is 7.07. The summed E-state index contributed by atoms with van der Waals surface area (Å²) in [6.45, 7) is 0.910. The van der Waals surface area contributed by atoms with Crippen molar-refractivity contribution < 1.29 is 13.6 Å². The van der Waals surface area contributed by atoms with Crippen molar-refractivity contribution >= 4 is 17.5 Å². The molecule has 0 bridgehead atoms. The van der Waals surface area contributed by atoms with Crippen LogP contribution in [0, 0.1) is 11.6 Å². The van der Waals surface area contributed by atoms with Crippen LogP contribution in [-0.4, -0.2) is 29.9 Å². The summed E-state index contributed by atoms with van der Waals surface area (Å²) < 4.78 is 26.1. The van der Waals surface area contributed by atoms with E-state index in [0.717, 1.165) is 24.1 Å². The van der Waals surface area contributed by atoms with Crippen LogP contribution in [0.2, 0.25) is 0 Å². The number of thioether (sulfide) groups is 1. The predicted octanol–water partition coefficient (Wildman–Crippen LogP) is 2.17. The van der Waals surface area contributed by atoms with Gasteiger partial charge in [0.2, 0.25) is 0 Å². The van der Waals surface area contributed by atoms with Crippen molar-refractivity contribution in [2.45, 2.75) is 18.9 Å². The second-order valence-corrected chi connectivity index (χ2v) is 5.53. The molecule has 1 aliphatic heterocycles. The van der Waals surface area contributed by atoms with E-state index in [9.17, 15) is 13.6 Å². The van der Waals surface area contributed by atoms with Gasteiger partial charge in [-0.15, -0.1) is 0 Å². The number of carbonyl (C=O) groups is 1. The molecule has 1 aromatic carbocycles. The van der Waals surface area contributed by atoms with Crippen LogP contribution < -0.4 is 5.32 Å². The molecule has 0 saturated carbocycles. The number of benzene rings is 1. The van der Waals surface area contributed by atoms with E-state index in [1.54, 1.807) is 0 Å². The smallest absolute Gasteiger partial charge is 0.138 e. The van der Waals surface area contributed by atoms with E-state index in [-0.39, 0.29) is 23.8 Å². The number of halogens is 2. The van der Waals surface area contributed by atoms with Crippen LogP contribution in [0.15, 0.2) is 18.2 Å². The quantitative estimate of drug-likeness (QED) is 0.910. The highest BCUT2D eigenvalue weighted by atomic mass is 32.2. The molecule has 0 spiro atoms. The first-order chi connectivity index (χ1) is 8.65. The third-order valence-corrected chi connectivity index (χ3v) is 4.01. The molecule has 1 aromatic rings. The number of hydrogen-bond acceptors (Lipinski definition) is 3. The normalized spacial score (nSPS) is 19.8. The van der Waals surface area contributed by atoms with E-state index in [4.69, 9.17) is 0 Å². The van der Waals surface area contributed by atoms with Crippen LogP contribution in [-0.2, 0) is 11.2 Å². The Bertz CT molecular complexity index is 433. The van der Waals surface area contributed by atoms with Crippen molar-refractivity contribution in [3.8, 4) is 0 Å². The molecular weight excluding hydrogens is 256 g/mol. The first-order valence-electron chi connectivity index (χ1n) is 5.92. The molecule has 5 heteroatoms. The van der Waals surface area contributed by atoms with Gasteiger partial charge in [0.1, 0.15) is 17.4 Å². The zero-order valence-electron chi connectivity index (χ0n) is 9.92. The predicted molar refractivity (Wildman–Crippen MR) is 68.8 cm³/mol. The highest BCUT2D eigenvalue weighted by Crippen LogP contribution is 2.14. The Morgan fingerprint density at radius 2 is 2.28 bits per heavy atom. The maximum atomic E-state index is 13.4. The minimum atomic E-state index is -0.644. The second kappa shape index (κ2) is 6.29. The summed E-state index contributed by atoms with van der Waals surface area (Å²) in [6, 6.07) is 3.52. The lowest BCUT2D eigenvalue weighted by Gasteiger charge is -2.22. The van der Waals surface area contributed by atoms with Gasteiger partial charge in [-0.1, -0.05) is 6.07 Å². The maximum absolute atomic E-state index is 13.4. The van der Waals surface area contributed by atoms with Gasteiger partial charge in [0.05, 0.1) is 0 Å². The van der Waals surface area contributed by atoms with Gasteiger partial charge in [-0.05, 0) is 11.6 Å². The number of nitrogens with one attached hydrogen (secondary N) is 1. The Hall–Kier alpha value is -0.940. The average Bonchev–Trinajstić information content (AvgIpc) is 2.34. The van der Waals surface area contributed by atoms with Crippen LogP contribution >= 0.6 is 11.8 Å². The molecule has 1 aliphatic rings. The molecule has 1 heterocycles. The van der Waals surface area contributed by atoms with Crippen LogP contribution in [0.5, 0.6) is 0 Å². The van der Waals surface area contributed by atoms with Crippen molar-refractivity contribution in [3.05, 3.63) is 35.4 Å². The van der Waals surface area contributed by atoms with Crippen molar-refractivity contribution in [2.24, 2.45) is 0 Å². The summed E-state index contributed by atoms with van der Waals surface area (Å²) in [6.07, 6.45) is 0.443. The molecule has 0 aliphatic carbocycles. The fraction of sp³-hybridized carbons (Fsp3) is 0.462. The van der Waals surface area contributed by atoms with E-state index >= 15 is 0 Å². The van der Waals surface area contributed by atoms with E-state index in [1.807, 2.05) is 11.8 Å². The largest absolute Gasteiger partial charge is 0.312 e. The SMILES string of the molecule is O=C(Cc1ccc(F)cc1F)CC1CSCCN1. The molecule has 2 rings (SSSR count). The number of Topliss-reactive ketones (excluding diaryl/α,β-unsaturated/α-hetero) is 1.